The summed E-state index contributed by atoms with van der Waals surface area (Å²) >= 11 is 0. The molecule has 0 fully saturated rings. The number of pyridine rings is 1. The van der Waals surface area contributed by atoms with E-state index in [0.717, 1.165) is 31.9 Å². The second kappa shape index (κ2) is 7.09. The molecule has 1 aromatic rings. The van der Waals surface area contributed by atoms with Gasteiger partial charge in [0.15, 0.2) is 0 Å². The maximum absolute atomic E-state index is 11.0. The monoisotopic (exact) mass is 265 g/mol. The standard InChI is InChI=1S/C14H23N3O2/c1-5-8-17(10-9-16(3)4)13-7-6-12(14(18)19)11(2)15-13/h6-7H,5,8-10H2,1-4H3,(H,18,19). The minimum Gasteiger partial charge on any atom is -0.478 e. The third kappa shape index (κ3) is 4.52. The molecule has 0 aromatic carbocycles. The lowest BCUT2D eigenvalue weighted by Gasteiger charge is -2.25. The zero-order valence-corrected chi connectivity index (χ0v) is 12.2. The topological polar surface area (TPSA) is 56.7 Å². The van der Waals surface area contributed by atoms with Crippen molar-refractivity contribution >= 4 is 11.8 Å². The van der Waals surface area contributed by atoms with Crippen molar-refractivity contribution in [3.05, 3.63) is 23.4 Å². The normalized spacial score (nSPS) is 10.8. The molecular formula is C14H23N3O2. The molecule has 19 heavy (non-hydrogen) atoms. The van der Waals surface area contributed by atoms with E-state index < -0.39 is 5.97 Å². The summed E-state index contributed by atoms with van der Waals surface area (Å²) in [5, 5.41) is 9.01. The Labute approximate surface area is 114 Å². The number of nitrogens with zero attached hydrogens (tertiary/aromatic N) is 3. The average Bonchev–Trinajstić information content (AvgIpc) is 2.33. The van der Waals surface area contributed by atoms with Crippen molar-refractivity contribution in [1.82, 2.24) is 9.88 Å². The highest BCUT2D eigenvalue weighted by atomic mass is 16.4. The van der Waals surface area contributed by atoms with Crippen LogP contribution in [0.25, 0.3) is 0 Å². The van der Waals surface area contributed by atoms with Crippen molar-refractivity contribution in [2.75, 3.05) is 38.6 Å². The molecule has 0 spiro atoms. The Morgan fingerprint density at radius 2 is 1.95 bits per heavy atom. The first kappa shape index (κ1) is 15.4. The molecule has 0 saturated heterocycles. The van der Waals surface area contributed by atoms with E-state index in [0.29, 0.717) is 5.69 Å². The van der Waals surface area contributed by atoms with Crippen molar-refractivity contribution in [1.29, 1.82) is 0 Å². The molecule has 0 aliphatic rings. The van der Waals surface area contributed by atoms with Gasteiger partial charge in [-0.3, -0.25) is 0 Å². The van der Waals surface area contributed by atoms with Crippen molar-refractivity contribution in [3.8, 4) is 0 Å². The number of hydrogen-bond acceptors (Lipinski definition) is 4. The van der Waals surface area contributed by atoms with E-state index in [1.54, 1.807) is 19.1 Å². The molecule has 0 aliphatic carbocycles. The number of aryl methyl sites for hydroxylation is 1. The largest absolute Gasteiger partial charge is 0.478 e. The number of carbonyl (C=O) groups is 1. The lowest BCUT2D eigenvalue weighted by molar-refractivity contribution is 0.0695. The number of aromatic nitrogens is 1. The summed E-state index contributed by atoms with van der Waals surface area (Å²) in [5.41, 5.74) is 0.837. The minimum absolute atomic E-state index is 0.271. The second-order valence-corrected chi connectivity index (χ2v) is 4.90. The van der Waals surface area contributed by atoms with Crippen LogP contribution in [-0.2, 0) is 0 Å². The fraction of sp³-hybridized carbons (Fsp3) is 0.571. The van der Waals surface area contributed by atoms with Gasteiger partial charge in [0.05, 0.1) is 11.3 Å². The summed E-state index contributed by atoms with van der Waals surface area (Å²) in [4.78, 5) is 19.7. The van der Waals surface area contributed by atoms with Crippen LogP contribution in [0.5, 0.6) is 0 Å². The molecule has 0 aliphatic heterocycles. The number of likely N-dealkylation sites (N-methyl/N-ethyl adjacent to an activating group) is 1. The fourth-order valence-corrected chi connectivity index (χ4v) is 1.88. The molecule has 1 N–H and O–H groups in total. The quantitative estimate of drug-likeness (QED) is 0.815. The molecule has 0 unspecified atom stereocenters. The van der Waals surface area contributed by atoms with Crippen LogP contribution in [0.3, 0.4) is 0 Å². The number of carboxylic acids is 1. The van der Waals surface area contributed by atoms with Gasteiger partial charge in [-0.15, -0.1) is 0 Å². The Bertz CT molecular complexity index is 433. The minimum atomic E-state index is -0.924. The molecule has 5 heteroatoms. The van der Waals surface area contributed by atoms with Crippen molar-refractivity contribution in [2.45, 2.75) is 20.3 Å². The average molecular weight is 265 g/mol. The summed E-state index contributed by atoms with van der Waals surface area (Å²) in [6.45, 7) is 6.62. The predicted octanol–water partition coefficient (Wildman–Crippen LogP) is 1.87. The molecule has 5 nitrogen and oxygen atoms in total. The van der Waals surface area contributed by atoms with Gasteiger partial charge in [0, 0.05) is 19.6 Å². The van der Waals surface area contributed by atoms with Crippen molar-refractivity contribution in [3.63, 3.8) is 0 Å². The van der Waals surface area contributed by atoms with Crippen LogP contribution >= 0.6 is 0 Å². The lowest BCUT2D eigenvalue weighted by atomic mass is 10.2. The number of rotatable bonds is 7. The van der Waals surface area contributed by atoms with Crippen LogP contribution < -0.4 is 4.90 Å². The second-order valence-electron chi connectivity index (χ2n) is 4.90. The van der Waals surface area contributed by atoms with E-state index in [4.69, 9.17) is 5.11 Å². The fourth-order valence-electron chi connectivity index (χ4n) is 1.88. The third-order valence-corrected chi connectivity index (χ3v) is 2.94. The van der Waals surface area contributed by atoms with Crippen LogP contribution in [0.2, 0.25) is 0 Å². The number of carboxylic acid groups (broad SMARTS) is 1. The summed E-state index contributed by atoms with van der Waals surface area (Å²) in [6.07, 6.45) is 1.04. The molecule has 0 bridgehead atoms. The van der Waals surface area contributed by atoms with E-state index in [1.807, 2.05) is 14.1 Å². The van der Waals surface area contributed by atoms with Gasteiger partial charge in [-0.1, -0.05) is 6.92 Å². The van der Waals surface area contributed by atoms with Gasteiger partial charge in [0.2, 0.25) is 0 Å². The Morgan fingerprint density at radius 1 is 1.26 bits per heavy atom. The summed E-state index contributed by atoms with van der Waals surface area (Å²) in [5.74, 6) is -0.0712. The van der Waals surface area contributed by atoms with E-state index in [9.17, 15) is 4.79 Å². The smallest absolute Gasteiger partial charge is 0.337 e. The Balaban J connectivity index is 2.90. The molecule has 0 saturated carbocycles. The molecule has 0 amide bonds. The van der Waals surface area contributed by atoms with Gasteiger partial charge in [-0.25, -0.2) is 9.78 Å². The van der Waals surface area contributed by atoms with Crippen molar-refractivity contribution in [2.24, 2.45) is 0 Å². The van der Waals surface area contributed by atoms with Crippen LogP contribution in [0, 0.1) is 6.92 Å². The number of hydrogen-bond donors (Lipinski definition) is 1. The molecule has 0 radical (unpaired) electrons. The van der Waals surface area contributed by atoms with Gasteiger partial charge < -0.3 is 14.9 Å². The maximum atomic E-state index is 11.0. The van der Waals surface area contributed by atoms with Gasteiger partial charge >= 0.3 is 5.97 Å². The molecule has 1 heterocycles. The Morgan fingerprint density at radius 3 is 2.42 bits per heavy atom. The molecule has 106 valence electrons. The van der Waals surface area contributed by atoms with Gasteiger partial charge in [0.25, 0.3) is 0 Å². The van der Waals surface area contributed by atoms with E-state index in [2.05, 4.69) is 21.7 Å². The summed E-state index contributed by atoms with van der Waals surface area (Å²) < 4.78 is 0. The summed E-state index contributed by atoms with van der Waals surface area (Å²) in [7, 11) is 4.08. The third-order valence-electron chi connectivity index (χ3n) is 2.94. The van der Waals surface area contributed by atoms with Crippen molar-refractivity contribution < 1.29 is 9.90 Å². The number of anilines is 1. The first-order valence-corrected chi connectivity index (χ1v) is 6.56. The first-order valence-electron chi connectivity index (χ1n) is 6.56. The predicted molar refractivity (Wildman–Crippen MR) is 77.0 cm³/mol. The Hall–Kier alpha value is -1.62. The highest BCUT2D eigenvalue weighted by Gasteiger charge is 2.12. The highest BCUT2D eigenvalue weighted by molar-refractivity contribution is 5.89. The van der Waals surface area contributed by atoms with Gasteiger partial charge in [0.1, 0.15) is 5.82 Å². The molecule has 1 rings (SSSR count). The van der Waals surface area contributed by atoms with E-state index in [-0.39, 0.29) is 5.56 Å². The van der Waals surface area contributed by atoms with E-state index in [1.165, 1.54) is 0 Å². The van der Waals surface area contributed by atoms with E-state index >= 15 is 0 Å². The summed E-state index contributed by atoms with van der Waals surface area (Å²) in [6, 6.07) is 3.43. The van der Waals surface area contributed by atoms with Crippen LogP contribution in [0.15, 0.2) is 12.1 Å². The van der Waals surface area contributed by atoms with Crippen LogP contribution in [-0.4, -0.2) is 54.7 Å². The highest BCUT2D eigenvalue weighted by Crippen LogP contribution is 2.15. The van der Waals surface area contributed by atoms with Gasteiger partial charge in [-0.05, 0) is 39.6 Å². The van der Waals surface area contributed by atoms with Gasteiger partial charge in [-0.2, -0.15) is 0 Å². The molecule has 0 atom stereocenters. The maximum Gasteiger partial charge on any atom is 0.337 e. The SMILES string of the molecule is CCCN(CCN(C)C)c1ccc(C(=O)O)c(C)n1. The zero-order valence-electron chi connectivity index (χ0n) is 12.2. The zero-order chi connectivity index (χ0) is 14.4. The lowest BCUT2D eigenvalue weighted by Crippen LogP contribution is -2.33. The molecular weight excluding hydrogens is 242 g/mol. The molecule has 1 aromatic heterocycles. The Kier molecular flexibility index (Phi) is 5.76. The van der Waals surface area contributed by atoms with Crippen LogP contribution in [0.4, 0.5) is 5.82 Å². The van der Waals surface area contributed by atoms with Crippen LogP contribution in [0.1, 0.15) is 29.4 Å². The first-order chi connectivity index (χ1) is 8.95. The number of aromatic carboxylic acids is 1.